The summed E-state index contributed by atoms with van der Waals surface area (Å²) in [5.41, 5.74) is 11.3. The topological polar surface area (TPSA) is 81.1 Å². The van der Waals surface area contributed by atoms with Crippen LogP contribution in [0.4, 0.5) is 11.6 Å². The Hall–Kier alpha value is -1.36. The van der Waals surface area contributed by atoms with Crippen molar-refractivity contribution in [3.05, 3.63) is 12.4 Å². The number of hydrogen-bond acceptors (Lipinski definition) is 5. The SMILES string of the molecule is Nc1cc(N2CCC(N)C2)ncn1. The van der Waals surface area contributed by atoms with Crippen molar-refractivity contribution in [2.75, 3.05) is 23.7 Å². The van der Waals surface area contributed by atoms with E-state index in [0.29, 0.717) is 5.82 Å². The molecular weight excluding hydrogens is 166 g/mol. The zero-order valence-corrected chi connectivity index (χ0v) is 7.35. The van der Waals surface area contributed by atoms with Gasteiger partial charge < -0.3 is 16.4 Å². The van der Waals surface area contributed by atoms with E-state index in [1.807, 2.05) is 0 Å². The van der Waals surface area contributed by atoms with Gasteiger partial charge in [0, 0.05) is 25.2 Å². The number of hydrogen-bond donors (Lipinski definition) is 2. The number of nitrogen functional groups attached to an aromatic ring is 1. The van der Waals surface area contributed by atoms with Gasteiger partial charge in [-0.1, -0.05) is 0 Å². The lowest BCUT2D eigenvalue weighted by atomic mass is 10.3. The molecule has 2 heterocycles. The lowest BCUT2D eigenvalue weighted by molar-refractivity contribution is 0.751. The van der Waals surface area contributed by atoms with Crippen LogP contribution >= 0.6 is 0 Å². The third-order valence-corrected chi connectivity index (χ3v) is 2.22. The van der Waals surface area contributed by atoms with Crippen LogP contribution in [0, 0.1) is 0 Å². The minimum atomic E-state index is 0.260. The molecule has 5 heteroatoms. The maximum atomic E-state index is 5.78. The molecule has 1 unspecified atom stereocenters. The van der Waals surface area contributed by atoms with E-state index in [2.05, 4.69) is 14.9 Å². The Labute approximate surface area is 76.8 Å². The molecule has 1 fully saturated rings. The summed E-state index contributed by atoms with van der Waals surface area (Å²) < 4.78 is 0. The summed E-state index contributed by atoms with van der Waals surface area (Å²) in [6.07, 6.45) is 2.50. The van der Waals surface area contributed by atoms with Crippen LogP contribution in [0.2, 0.25) is 0 Å². The third kappa shape index (κ3) is 1.70. The molecule has 1 aromatic rings. The van der Waals surface area contributed by atoms with E-state index >= 15 is 0 Å². The molecule has 0 bridgehead atoms. The molecule has 0 aromatic carbocycles. The Kier molecular flexibility index (Phi) is 2.02. The first-order chi connectivity index (χ1) is 6.25. The van der Waals surface area contributed by atoms with Crippen LogP contribution < -0.4 is 16.4 Å². The number of nitrogens with two attached hydrogens (primary N) is 2. The van der Waals surface area contributed by atoms with Crippen molar-refractivity contribution >= 4 is 11.6 Å². The first-order valence-electron chi connectivity index (χ1n) is 4.34. The van der Waals surface area contributed by atoms with Gasteiger partial charge in [0.05, 0.1) is 0 Å². The molecule has 0 saturated carbocycles. The van der Waals surface area contributed by atoms with E-state index in [9.17, 15) is 0 Å². The monoisotopic (exact) mass is 179 g/mol. The third-order valence-electron chi connectivity index (χ3n) is 2.22. The highest BCUT2D eigenvalue weighted by atomic mass is 15.2. The fourth-order valence-electron chi connectivity index (χ4n) is 1.53. The molecule has 1 aliphatic rings. The number of rotatable bonds is 1. The molecule has 1 aliphatic heterocycles. The summed E-state index contributed by atoms with van der Waals surface area (Å²) in [6.45, 7) is 1.81. The first-order valence-corrected chi connectivity index (χ1v) is 4.34. The highest BCUT2D eigenvalue weighted by molar-refractivity contribution is 5.46. The Balaban J connectivity index is 2.16. The van der Waals surface area contributed by atoms with Crippen molar-refractivity contribution in [3.63, 3.8) is 0 Å². The quantitative estimate of drug-likeness (QED) is 0.613. The van der Waals surface area contributed by atoms with Gasteiger partial charge in [-0.05, 0) is 6.42 Å². The smallest absolute Gasteiger partial charge is 0.134 e. The van der Waals surface area contributed by atoms with Crippen LogP contribution in [-0.4, -0.2) is 29.1 Å². The normalized spacial score (nSPS) is 22.2. The second-order valence-corrected chi connectivity index (χ2v) is 3.30. The van der Waals surface area contributed by atoms with Gasteiger partial charge in [0.25, 0.3) is 0 Å². The van der Waals surface area contributed by atoms with Crippen LogP contribution in [0.5, 0.6) is 0 Å². The van der Waals surface area contributed by atoms with Gasteiger partial charge in [-0.25, -0.2) is 9.97 Å². The summed E-state index contributed by atoms with van der Waals surface area (Å²) >= 11 is 0. The fraction of sp³-hybridized carbons (Fsp3) is 0.500. The summed E-state index contributed by atoms with van der Waals surface area (Å²) in [5.74, 6) is 1.38. The predicted molar refractivity (Wildman–Crippen MR) is 51.2 cm³/mol. The maximum Gasteiger partial charge on any atom is 0.134 e. The summed E-state index contributed by atoms with van der Waals surface area (Å²) in [4.78, 5) is 10.1. The molecule has 2 rings (SSSR count). The van der Waals surface area contributed by atoms with Crippen LogP contribution in [0.3, 0.4) is 0 Å². The van der Waals surface area contributed by atoms with Crippen LogP contribution in [0.15, 0.2) is 12.4 Å². The van der Waals surface area contributed by atoms with E-state index < -0.39 is 0 Å². The number of aromatic nitrogens is 2. The van der Waals surface area contributed by atoms with E-state index in [1.165, 1.54) is 6.33 Å². The highest BCUT2D eigenvalue weighted by Crippen LogP contribution is 2.17. The van der Waals surface area contributed by atoms with Crippen molar-refractivity contribution in [1.82, 2.24) is 9.97 Å². The van der Waals surface area contributed by atoms with Crippen LogP contribution in [-0.2, 0) is 0 Å². The minimum absolute atomic E-state index is 0.260. The van der Waals surface area contributed by atoms with Crippen LogP contribution in [0.25, 0.3) is 0 Å². The molecule has 1 atom stereocenters. The van der Waals surface area contributed by atoms with Gasteiger partial charge in [0.1, 0.15) is 18.0 Å². The minimum Gasteiger partial charge on any atom is -0.384 e. The van der Waals surface area contributed by atoms with Crippen molar-refractivity contribution in [2.24, 2.45) is 5.73 Å². The second-order valence-electron chi connectivity index (χ2n) is 3.30. The molecule has 0 radical (unpaired) electrons. The van der Waals surface area contributed by atoms with E-state index in [0.717, 1.165) is 25.3 Å². The van der Waals surface area contributed by atoms with E-state index in [-0.39, 0.29) is 6.04 Å². The standard InChI is InChI=1S/C8H13N5/c9-6-1-2-13(4-6)8-3-7(10)11-5-12-8/h3,5-6H,1-2,4,9H2,(H2,10,11,12). The van der Waals surface area contributed by atoms with Gasteiger partial charge in [-0.3, -0.25) is 0 Å². The Morgan fingerprint density at radius 2 is 2.31 bits per heavy atom. The van der Waals surface area contributed by atoms with Crippen molar-refractivity contribution in [3.8, 4) is 0 Å². The summed E-state index contributed by atoms with van der Waals surface area (Å²) in [6, 6.07) is 2.04. The van der Waals surface area contributed by atoms with Crippen molar-refractivity contribution in [1.29, 1.82) is 0 Å². The molecule has 1 saturated heterocycles. The highest BCUT2D eigenvalue weighted by Gasteiger charge is 2.20. The largest absolute Gasteiger partial charge is 0.384 e. The predicted octanol–water partition coefficient (Wildman–Crippen LogP) is -0.404. The summed E-state index contributed by atoms with van der Waals surface area (Å²) in [7, 11) is 0. The first kappa shape index (κ1) is 8.25. The second kappa shape index (κ2) is 3.18. The average molecular weight is 179 g/mol. The van der Waals surface area contributed by atoms with Gasteiger partial charge in [0.15, 0.2) is 0 Å². The molecule has 13 heavy (non-hydrogen) atoms. The zero-order valence-electron chi connectivity index (χ0n) is 7.35. The van der Waals surface area contributed by atoms with Gasteiger partial charge in [-0.2, -0.15) is 0 Å². The zero-order chi connectivity index (χ0) is 9.26. The molecule has 1 aromatic heterocycles. The lowest BCUT2D eigenvalue weighted by Gasteiger charge is -2.16. The number of anilines is 2. The molecule has 0 aliphatic carbocycles. The van der Waals surface area contributed by atoms with Crippen molar-refractivity contribution < 1.29 is 0 Å². The Bertz CT molecular complexity index is 300. The molecule has 0 amide bonds. The number of nitrogens with zero attached hydrogens (tertiary/aromatic N) is 3. The van der Waals surface area contributed by atoms with Crippen molar-refractivity contribution in [2.45, 2.75) is 12.5 Å². The maximum absolute atomic E-state index is 5.78. The molecular formula is C8H13N5. The van der Waals surface area contributed by atoms with Crippen LogP contribution in [0.1, 0.15) is 6.42 Å². The molecule has 70 valence electrons. The average Bonchev–Trinajstić information content (AvgIpc) is 2.52. The summed E-state index contributed by atoms with van der Waals surface area (Å²) in [5, 5.41) is 0. The Morgan fingerprint density at radius 3 is 2.92 bits per heavy atom. The van der Waals surface area contributed by atoms with E-state index in [1.54, 1.807) is 6.07 Å². The fourth-order valence-corrected chi connectivity index (χ4v) is 1.53. The van der Waals surface area contributed by atoms with Gasteiger partial charge >= 0.3 is 0 Å². The Morgan fingerprint density at radius 1 is 1.46 bits per heavy atom. The lowest BCUT2D eigenvalue weighted by Crippen LogP contribution is -2.26. The molecule has 4 N–H and O–H groups in total. The van der Waals surface area contributed by atoms with Gasteiger partial charge in [0.2, 0.25) is 0 Å². The van der Waals surface area contributed by atoms with E-state index in [4.69, 9.17) is 11.5 Å². The molecule has 5 nitrogen and oxygen atoms in total. The molecule has 0 spiro atoms. The van der Waals surface area contributed by atoms with Gasteiger partial charge in [-0.15, -0.1) is 0 Å².